The molecule has 0 radical (unpaired) electrons. The van der Waals surface area contributed by atoms with Crippen molar-refractivity contribution in [2.24, 2.45) is 5.10 Å². The molecule has 1 fully saturated rings. The first-order valence-electron chi connectivity index (χ1n) is 8.86. The molecule has 154 valence electrons. The summed E-state index contributed by atoms with van der Waals surface area (Å²) in [4.78, 5) is 12.4. The zero-order chi connectivity index (χ0) is 21.0. The van der Waals surface area contributed by atoms with E-state index in [1.54, 1.807) is 0 Å². The molecule has 0 spiro atoms. The van der Waals surface area contributed by atoms with Gasteiger partial charge in [-0.1, -0.05) is 6.07 Å². The number of methoxy groups -OCH3 is 1. The second-order valence-electron chi connectivity index (χ2n) is 6.43. The Balaban J connectivity index is 1.73. The van der Waals surface area contributed by atoms with Crippen LogP contribution in [0.15, 0.2) is 46.4 Å². The molecule has 2 aromatic rings. The lowest BCUT2D eigenvalue weighted by Crippen LogP contribution is -2.28. The zero-order valence-corrected chi connectivity index (χ0v) is 16.5. The van der Waals surface area contributed by atoms with Gasteiger partial charge < -0.3 is 14.9 Å². The number of rotatable bonds is 6. The quantitative estimate of drug-likeness (QED) is 0.371. The van der Waals surface area contributed by atoms with Crippen molar-refractivity contribution in [3.8, 4) is 17.2 Å². The predicted octanol–water partition coefficient (Wildman–Crippen LogP) is 1.65. The van der Waals surface area contributed by atoms with E-state index in [-0.39, 0.29) is 16.2 Å². The second-order valence-corrected chi connectivity index (χ2v) is 8.37. The number of phenolic OH excluding ortho intramolecular Hbond substituents is 2. The van der Waals surface area contributed by atoms with Crippen LogP contribution in [0.1, 0.15) is 28.8 Å². The lowest BCUT2D eigenvalue weighted by molar-refractivity contribution is 0.0955. The van der Waals surface area contributed by atoms with Gasteiger partial charge in [0, 0.05) is 24.2 Å². The molecule has 1 amide bonds. The number of nitrogens with one attached hydrogen (secondary N) is 1. The Morgan fingerprint density at radius 2 is 1.93 bits per heavy atom. The van der Waals surface area contributed by atoms with E-state index in [0.717, 1.165) is 12.8 Å². The zero-order valence-electron chi connectivity index (χ0n) is 15.7. The third-order valence-electron chi connectivity index (χ3n) is 4.48. The number of benzene rings is 2. The average molecular weight is 419 g/mol. The SMILES string of the molecule is COc1cc(/C=N/NC(=O)c2cccc(S(=O)(=O)N3CCCC3)c2)cc(O)c1O. The Bertz CT molecular complexity index is 1050. The van der Waals surface area contributed by atoms with E-state index in [1.807, 2.05) is 0 Å². The summed E-state index contributed by atoms with van der Waals surface area (Å²) in [6.07, 6.45) is 2.90. The van der Waals surface area contributed by atoms with Crippen LogP contribution in [0.3, 0.4) is 0 Å². The van der Waals surface area contributed by atoms with Gasteiger partial charge in [-0.25, -0.2) is 13.8 Å². The van der Waals surface area contributed by atoms with Crippen LogP contribution < -0.4 is 10.2 Å². The molecule has 9 nitrogen and oxygen atoms in total. The Labute approximate surface area is 168 Å². The summed E-state index contributed by atoms with van der Waals surface area (Å²) >= 11 is 0. The standard InChI is InChI=1S/C19H21N3O6S/c1-28-17-10-13(9-16(23)18(17)24)12-20-21-19(25)14-5-4-6-15(11-14)29(26,27)22-7-2-3-8-22/h4-6,9-12,23-24H,2-3,7-8H2,1H3,(H,21,25)/b20-12+. The molecule has 1 aliphatic heterocycles. The molecule has 0 unspecified atom stereocenters. The Morgan fingerprint density at radius 1 is 1.21 bits per heavy atom. The minimum atomic E-state index is -3.63. The fourth-order valence-corrected chi connectivity index (χ4v) is 4.51. The topological polar surface area (TPSA) is 129 Å². The fraction of sp³-hybridized carbons (Fsp3) is 0.263. The molecular weight excluding hydrogens is 398 g/mol. The van der Waals surface area contributed by atoms with Crippen LogP contribution in [-0.2, 0) is 10.0 Å². The smallest absolute Gasteiger partial charge is 0.271 e. The largest absolute Gasteiger partial charge is 0.504 e. The highest BCUT2D eigenvalue weighted by molar-refractivity contribution is 7.89. The summed E-state index contributed by atoms with van der Waals surface area (Å²) in [5, 5.41) is 23.1. The van der Waals surface area contributed by atoms with Gasteiger partial charge in [0.15, 0.2) is 11.5 Å². The normalized spacial score (nSPS) is 14.9. The lowest BCUT2D eigenvalue weighted by Gasteiger charge is -2.15. The maximum atomic E-state index is 12.6. The lowest BCUT2D eigenvalue weighted by atomic mass is 10.2. The van der Waals surface area contributed by atoms with Gasteiger partial charge in [0.05, 0.1) is 18.2 Å². The van der Waals surface area contributed by atoms with Gasteiger partial charge in [0.1, 0.15) is 0 Å². The van der Waals surface area contributed by atoms with Crippen LogP contribution in [0.2, 0.25) is 0 Å². The van der Waals surface area contributed by atoms with Gasteiger partial charge >= 0.3 is 0 Å². The van der Waals surface area contributed by atoms with Crippen molar-refractivity contribution < 1.29 is 28.2 Å². The molecule has 0 atom stereocenters. The first kappa shape index (κ1) is 20.6. The Morgan fingerprint density at radius 3 is 2.62 bits per heavy atom. The van der Waals surface area contributed by atoms with Crippen molar-refractivity contribution in [2.75, 3.05) is 20.2 Å². The van der Waals surface area contributed by atoms with Crippen molar-refractivity contribution in [1.29, 1.82) is 0 Å². The van der Waals surface area contributed by atoms with Crippen molar-refractivity contribution in [2.45, 2.75) is 17.7 Å². The molecule has 0 saturated carbocycles. The highest BCUT2D eigenvalue weighted by Crippen LogP contribution is 2.35. The van der Waals surface area contributed by atoms with Gasteiger partial charge in [-0.15, -0.1) is 0 Å². The maximum Gasteiger partial charge on any atom is 0.271 e. The summed E-state index contributed by atoms with van der Waals surface area (Å²) in [5.74, 6) is -1.33. The number of ether oxygens (including phenoxy) is 1. The van der Waals surface area contributed by atoms with Crippen LogP contribution in [-0.4, -0.2) is 55.3 Å². The van der Waals surface area contributed by atoms with Crippen molar-refractivity contribution in [3.05, 3.63) is 47.5 Å². The average Bonchev–Trinajstić information content (AvgIpc) is 3.26. The summed E-state index contributed by atoms with van der Waals surface area (Å²) in [7, 11) is -2.29. The number of amides is 1. The van der Waals surface area contributed by atoms with Crippen LogP contribution in [0, 0.1) is 0 Å². The summed E-state index contributed by atoms with van der Waals surface area (Å²) in [6.45, 7) is 0.956. The molecule has 0 aliphatic carbocycles. The molecule has 1 saturated heterocycles. The Hall–Kier alpha value is -3.11. The summed E-state index contributed by atoms with van der Waals surface area (Å²) < 4.78 is 31.6. The van der Waals surface area contributed by atoms with Crippen molar-refractivity contribution >= 4 is 22.1 Å². The monoisotopic (exact) mass is 419 g/mol. The first-order valence-corrected chi connectivity index (χ1v) is 10.3. The molecule has 3 N–H and O–H groups in total. The van der Waals surface area contributed by atoms with Crippen LogP contribution in [0.25, 0.3) is 0 Å². The van der Waals surface area contributed by atoms with Crippen LogP contribution in [0.5, 0.6) is 17.2 Å². The third-order valence-corrected chi connectivity index (χ3v) is 6.37. The van der Waals surface area contributed by atoms with E-state index in [0.29, 0.717) is 18.7 Å². The molecule has 10 heteroatoms. The summed E-state index contributed by atoms with van der Waals surface area (Å²) in [6, 6.07) is 8.44. The summed E-state index contributed by atoms with van der Waals surface area (Å²) in [5.41, 5.74) is 2.83. The van der Waals surface area contributed by atoms with Crippen molar-refractivity contribution in [1.82, 2.24) is 9.73 Å². The van der Waals surface area contributed by atoms with E-state index < -0.39 is 27.4 Å². The number of hydrazone groups is 1. The predicted molar refractivity (Wildman–Crippen MR) is 106 cm³/mol. The van der Waals surface area contributed by atoms with E-state index in [4.69, 9.17) is 4.74 Å². The van der Waals surface area contributed by atoms with Crippen molar-refractivity contribution in [3.63, 3.8) is 0 Å². The van der Waals surface area contributed by atoms with E-state index in [9.17, 15) is 23.4 Å². The minimum Gasteiger partial charge on any atom is -0.504 e. The number of carbonyl (C=O) groups excluding carboxylic acids is 1. The number of nitrogens with zero attached hydrogens (tertiary/aromatic N) is 2. The van der Waals surface area contributed by atoms with Gasteiger partial charge in [0.25, 0.3) is 5.91 Å². The van der Waals surface area contributed by atoms with Crippen LogP contribution in [0.4, 0.5) is 0 Å². The molecule has 1 aliphatic rings. The second kappa shape index (κ2) is 8.50. The van der Waals surface area contributed by atoms with Crippen LogP contribution >= 0.6 is 0 Å². The maximum absolute atomic E-state index is 12.6. The number of hydrogen-bond donors (Lipinski definition) is 3. The Kier molecular flexibility index (Phi) is 6.04. The minimum absolute atomic E-state index is 0.0533. The first-order chi connectivity index (χ1) is 13.8. The molecule has 2 aromatic carbocycles. The number of aromatic hydroxyl groups is 2. The number of phenols is 2. The molecule has 0 aromatic heterocycles. The molecule has 1 heterocycles. The van der Waals surface area contributed by atoms with E-state index >= 15 is 0 Å². The van der Waals surface area contributed by atoms with Gasteiger partial charge in [0.2, 0.25) is 15.8 Å². The fourth-order valence-electron chi connectivity index (χ4n) is 2.95. The molecule has 29 heavy (non-hydrogen) atoms. The van der Waals surface area contributed by atoms with Gasteiger partial charge in [-0.05, 0) is 43.2 Å². The van der Waals surface area contributed by atoms with Gasteiger partial charge in [-0.2, -0.15) is 9.41 Å². The third kappa shape index (κ3) is 4.49. The highest BCUT2D eigenvalue weighted by atomic mass is 32.2. The van der Waals surface area contributed by atoms with E-state index in [2.05, 4.69) is 10.5 Å². The molecule has 3 rings (SSSR count). The van der Waals surface area contributed by atoms with Gasteiger partial charge in [-0.3, -0.25) is 4.79 Å². The number of hydrogen-bond acceptors (Lipinski definition) is 7. The number of sulfonamides is 1. The highest BCUT2D eigenvalue weighted by Gasteiger charge is 2.27. The van der Waals surface area contributed by atoms with E-state index in [1.165, 1.54) is 54.0 Å². The molecular formula is C19H21N3O6S. The molecule has 0 bridgehead atoms. The number of carbonyl (C=O) groups is 1.